The Hall–Kier alpha value is -2.62. The first-order chi connectivity index (χ1) is 10.4. The Morgan fingerprint density at radius 2 is 1.59 bits per heavy atom. The Labute approximate surface area is 130 Å². The molecule has 4 nitrogen and oxygen atoms in total. The summed E-state index contributed by atoms with van der Waals surface area (Å²) < 4.78 is 0. The molecular formula is C18H20N2O2. The number of phenolic OH excluding ortho intramolecular Hbond substituents is 1. The third-order valence-electron chi connectivity index (χ3n) is 2.86. The van der Waals surface area contributed by atoms with E-state index >= 15 is 0 Å². The van der Waals surface area contributed by atoms with Crippen molar-refractivity contribution in [3.63, 3.8) is 0 Å². The van der Waals surface area contributed by atoms with Crippen molar-refractivity contribution in [1.82, 2.24) is 5.32 Å². The maximum atomic E-state index is 12.6. The highest BCUT2D eigenvalue weighted by Crippen LogP contribution is 2.20. The van der Waals surface area contributed by atoms with E-state index in [1.54, 1.807) is 24.3 Å². The quantitative estimate of drug-likeness (QED) is 0.852. The molecular weight excluding hydrogens is 276 g/mol. The molecule has 0 aliphatic carbocycles. The number of rotatable bonds is 3. The lowest BCUT2D eigenvalue weighted by Crippen LogP contribution is -2.44. The zero-order chi connectivity index (χ0) is 16.2. The molecule has 0 spiro atoms. The SMILES string of the molecule is CC(C)(C)NC(=O)C(=Nc1ccccc1)c1ccccc1O. The maximum Gasteiger partial charge on any atom is 0.271 e. The van der Waals surface area contributed by atoms with Gasteiger partial charge in [-0.1, -0.05) is 30.3 Å². The minimum Gasteiger partial charge on any atom is -0.507 e. The Morgan fingerprint density at radius 1 is 1.00 bits per heavy atom. The first-order valence-corrected chi connectivity index (χ1v) is 7.11. The molecule has 0 unspecified atom stereocenters. The van der Waals surface area contributed by atoms with Gasteiger partial charge >= 0.3 is 0 Å². The van der Waals surface area contributed by atoms with Gasteiger partial charge in [0.1, 0.15) is 11.5 Å². The molecule has 2 aromatic rings. The number of carbonyl (C=O) groups excluding carboxylic acids is 1. The molecule has 2 N–H and O–H groups in total. The van der Waals surface area contributed by atoms with E-state index in [0.29, 0.717) is 11.3 Å². The predicted molar refractivity (Wildman–Crippen MR) is 88.6 cm³/mol. The van der Waals surface area contributed by atoms with Crippen LogP contribution < -0.4 is 5.32 Å². The molecule has 0 saturated carbocycles. The second-order valence-electron chi connectivity index (χ2n) is 6.02. The number of hydrogen-bond donors (Lipinski definition) is 2. The molecule has 0 aromatic heterocycles. The Kier molecular flexibility index (Phi) is 4.61. The molecule has 0 aliphatic rings. The van der Waals surface area contributed by atoms with Crippen molar-refractivity contribution in [1.29, 1.82) is 0 Å². The zero-order valence-corrected chi connectivity index (χ0v) is 13.0. The van der Waals surface area contributed by atoms with Crippen molar-refractivity contribution in [2.45, 2.75) is 26.3 Å². The highest BCUT2D eigenvalue weighted by atomic mass is 16.3. The minimum absolute atomic E-state index is 0.0289. The van der Waals surface area contributed by atoms with Crippen LogP contribution in [-0.2, 0) is 4.79 Å². The van der Waals surface area contributed by atoms with Crippen LogP contribution in [0.15, 0.2) is 59.6 Å². The molecule has 0 fully saturated rings. The van der Waals surface area contributed by atoms with Crippen LogP contribution >= 0.6 is 0 Å². The van der Waals surface area contributed by atoms with Crippen molar-refractivity contribution >= 4 is 17.3 Å². The van der Waals surface area contributed by atoms with Gasteiger partial charge in [0.25, 0.3) is 5.91 Å². The van der Waals surface area contributed by atoms with Crippen LogP contribution in [0.2, 0.25) is 0 Å². The lowest BCUT2D eigenvalue weighted by Gasteiger charge is -2.21. The van der Waals surface area contributed by atoms with Gasteiger partial charge in [0.2, 0.25) is 0 Å². The Morgan fingerprint density at radius 3 is 2.18 bits per heavy atom. The molecule has 0 aliphatic heterocycles. The summed E-state index contributed by atoms with van der Waals surface area (Å²) in [6, 6.07) is 15.9. The second-order valence-corrected chi connectivity index (χ2v) is 6.02. The van der Waals surface area contributed by atoms with Gasteiger partial charge in [-0.2, -0.15) is 0 Å². The van der Waals surface area contributed by atoms with Crippen LogP contribution in [0, 0.1) is 0 Å². The van der Waals surface area contributed by atoms with Crippen LogP contribution in [-0.4, -0.2) is 22.3 Å². The largest absolute Gasteiger partial charge is 0.507 e. The molecule has 1 amide bonds. The zero-order valence-electron chi connectivity index (χ0n) is 13.0. The summed E-state index contributed by atoms with van der Waals surface area (Å²) in [6.45, 7) is 5.70. The normalized spacial score (nSPS) is 12.0. The molecule has 0 heterocycles. The van der Waals surface area contributed by atoms with Gasteiger partial charge < -0.3 is 10.4 Å². The molecule has 2 rings (SSSR count). The number of hydrogen-bond acceptors (Lipinski definition) is 3. The van der Waals surface area contributed by atoms with Crippen LogP contribution in [0.5, 0.6) is 5.75 Å². The molecule has 2 aromatic carbocycles. The Bertz CT molecular complexity index is 686. The Balaban J connectivity index is 2.48. The van der Waals surface area contributed by atoms with Gasteiger partial charge in [0.15, 0.2) is 0 Å². The van der Waals surface area contributed by atoms with E-state index < -0.39 is 0 Å². The summed E-state index contributed by atoms with van der Waals surface area (Å²) in [6.07, 6.45) is 0. The highest BCUT2D eigenvalue weighted by Gasteiger charge is 2.22. The van der Waals surface area contributed by atoms with Crippen molar-refractivity contribution in [2.75, 3.05) is 0 Å². The third-order valence-corrected chi connectivity index (χ3v) is 2.86. The van der Waals surface area contributed by atoms with E-state index in [9.17, 15) is 9.90 Å². The lowest BCUT2D eigenvalue weighted by atomic mass is 10.0. The van der Waals surface area contributed by atoms with E-state index in [0.717, 1.165) is 0 Å². The van der Waals surface area contributed by atoms with Gasteiger partial charge in [-0.15, -0.1) is 0 Å². The summed E-state index contributed by atoms with van der Waals surface area (Å²) in [5.74, 6) is -0.293. The van der Waals surface area contributed by atoms with Crippen molar-refractivity contribution in [3.05, 3.63) is 60.2 Å². The summed E-state index contributed by atoms with van der Waals surface area (Å²) in [7, 11) is 0. The second kappa shape index (κ2) is 6.43. The standard InChI is InChI=1S/C18H20N2O2/c1-18(2,3)20-17(22)16(14-11-7-8-12-15(14)21)19-13-9-5-4-6-10-13/h4-12,21H,1-3H3,(H,20,22). The summed E-state index contributed by atoms with van der Waals surface area (Å²) in [5, 5.41) is 12.9. The topological polar surface area (TPSA) is 61.7 Å². The number of benzene rings is 2. The van der Waals surface area contributed by atoms with E-state index in [-0.39, 0.29) is 22.9 Å². The number of nitrogens with one attached hydrogen (secondary N) is 1. The smallest absolute Gasteiger partial charge is 0.271 e. The van der Waals surface area contributed by atoms with Gasteiger partial charge in [-0.3, -0.25) is 4.79 Å². The van der Waals surface area contributed by atoms with E-state index in [1.165, 1.54) is 0 Å². The fourth-order valence-electron chi connectivity index (χ4n) is 1.94. The van der Waals surface area contributed by atoms with E-state index in [1.807, 2.05) is 51.1 Å². The monoisotopic (exact) mass is 296 g/mol. The fraction of sp³-hybridized carbons (Fsp3) is 0.222. The average molecular weight is 296 g/mol. The summed E-state index contributed by atoms with van der Waals surface area (Å²) in [4.78, 5) is 17.0. The van der Waals surface area contributed by atoms with Crippen LogP contribution in [0.1, 0.15) is 26.3 Å². The molecule has 0 atom stereocenters. The van der Waals surface area contributed by atoms with Gasteiger partial charge in [-0.05, 0) is 45.0 Å². The first-order valence-electron chi connectivity index (χ1n) is 7.11. The minimum atomic E-state index is -0.390. The molecule has 4 heteroatoms. The van der Waals surface area contributed by atoms with E-state index in [2.05, 4.69) is 10.3 Å². The number of amides is 1. The first kappa shape index (κ1) is 15.8. The molecule has 0 saturated heterocycles. The molecule has 0 radical (unpaired) electrons. The molecule has 22 heavy (non-hydrogen) atoms. The van der Waals surface area contributed by atoms with E-state index in [4.69, 9.17) is 0 Å². The van der Waals surface area contributed by atoms with Gasteiger partial charge in [0.05, 0.1) is 5.69 Å². The maximum absolute atomic E-state index is 12.6. The summed E-state index contributed by atoms with van der Waals surface area (Å²) in [5.41, 5.74) is 0.871. The fourth-order valence-corrected chi connectivity index (χ4v) is 1.94. The van der Waals surface area contributed by atoms with Gasteiger partial charge in [-0.25, -0.2) is 4.99 Å². The number of aliphatic imine (C=N–C) groups is 1. The van der Waals surface area contributed by atoms with Crippen molar-refractivity contribution in [3.8, 4) is 5.75 Å². The van der Waals surface area contributed by atoms with Crippen LogP contribution in [0.25, 0.3) is 0 Å². The summed E-state index contributed by atoms with van der Waals surface area (Å²) >= 11 is 0. The molecule has 0 bridgehead atoms. The number of aromatic hydroxyl groups is 1. The van der Waals surface area contributed by atoms with Gasteiger partial charge in [0, 0.05) is 11.1 Å². The lowest BCUT2D eigenvalue weighted by molar-refractivity contribution is -0.116. The van der Waals surface area contributed by atoms with Crippen LogP contribution in [0.3, 0.4) is 0 Å². The number of nitrogens with zero attached hydrogens (tertiary/aromatic N) is 1. The number of carbonyl (C=O) groups is 1. The van der Waals surface area contributed by atoms with Crippen LogP contribution in [0.4, 0.5) is 5.69 Å². The predicted octanol–water partition coefficient (Wildman–Crippen LogP) is 3.43. The number of phenols is 1. The number of para-hydroxylation sites is 2. The third kappa shape index (κ3) is 4.19. The molecule has 114 valence electrons. The average Bonchev–Trinajstić information content (AvgIpc) is 2.45. The highest BCUT2D eigenvalue weighted by molar-refractivity contribution is 6.46. The van der Waals surface area contributed by atoms with Crippen molar-refractivity contribution in [2.24, 2.45) is 4.99 Å². The van der Waals surface area contributed by atoms with Crippen molar-refractivity contribution < 1.29 is 9.90 Å².